The van der Waals surface area contributed by atoms with E-state index < -0.39 is 0 Å². The number of fused-ring (bicyclic) bond motifs is 8. The predicted molar refractivity (Wildman–Crippen MR) is 228 cm³/mol. The van der Waals surface area contributed by atoms with Crippen LogP contribution >= 0.6 is 36.6 Å². The maximum absolute atomic E-state index is 5.38. The number of benzene rings is 4. The average molecular weight is 723 g/mol. The highest BCUT2D eigenvalue weighted by molar-refractivity contribution is 8.41. The Morgan fingerprint density at radius 2 is 0.731 bits per heavy atom. The molecular weight excluding hydrogens is 693 g/mol. The zero-order chi connectivity index (χ0) is 35.0. The van der Waals surface area contributed by atoms with Crippen LogP contribution in [0, 0.1) is 0 Å². The molecule has 0 spiro atoms. The molecule has 2 aliphatic heterocycles. The van der Waals surface area contributed by atoms with Gasteiger partial charge in [-0.05, 0) is 83.0 Å². The normalized spacial score (nSPS) is 11.9. The first kappa shape index (κ1) is 32.2. The number of thiocarbonyl (C=S) groups is 1. The van der Waals surface area contributed by atoms with Crippen LogP contribution in [0.15, 0.2) is 144 Å². The molecule has 0 radical (unpaired) electrons. The second-order valence-electron chi connectivity index (χ2n) is 12.5. The quantitative estimate of drug-likeness (QED) is 0.0940. The van der Waals surface area contributed by atoms with Crippen molar-refractivity contribution in [2.75, 3.05) is 0 Å². The second kappa shape index (κ2) is 13.8. The minimum Gasteiger partial charge on any atom is -0.354 e. The molecule has 0 atom stereocenters. The van der Waals surface area contributed by atoms with Gasteiger partial charge in [-0.15, -0.1) is 12.6 Å². The highest BCUT2D eigenvalue weighted by Crippen LogP contribution is 2.38. The minimum atomic E-state index is 0.583. The van der Waals surface area contributed by atoms with Crippen molar-refractivity contribution in [2.45, 2.75) is 4.90 Å². The van der Waals surface area contributed by atoms with Crippen LogP contribution in [0.2, 0.25) is 0 Å². The van der Waals surface area contributed by atoms with E-state index in [4.69, 9.17) is 22.2 Å². The van der Waals surface area contributed by atoms with Crippen LogP contribution in [0.1, 0.15) is 22.8 Å². The summed E-state index contributed by atoms with van der Waals surface area (Å²) in [4.78, 5) is 19.4. The van der Waals surface area contributed by atoms with Gasteiger partial charge in [0, 0.05) is 49.2 Å². The Balaban J connectivity index is 1.44. The number of nitrogens with one attached hydrogen (secondary N) is 2. The number of thioether (sulfide) groups is 1. The highest BCUT2D eigenvalue weighted by atomic mass is 32.2. The van der Waals surface area contributed by atoms with Crippen molar-refractivity contribution in [2.24, 2.45) is 0 Å². The standard InChI is InChI=1S/C45H30N4S3/c50-45(51)52-32-18-16-31(17-19-32)44-39-26-24-37(48-39)42(29-12-6-2-7-13-29)35-22-20-33(46-35)41(28-10-4-1-5-11-28)34-21-23-36(47-34)43(30-14-8-3-9-15-30)38-25-27-40(44)49-38/h1-27,46,49H,(H,50,51). The molecule has 248 valence electrons. The lowest BCUT2D eigenvalue weighted by Crippen LogP contribution is -1.89. The van der Waals surface area contributed by atoms with Gasteiger partial charge in [-0.25, -0.2) is 9.97 Å². The van der Waals surface area contributed by atoms with Gasteiger partial charge in [0.15, 0.2) is 0 Å². The number of H-pyrrole nitrogens is 2. The fourth-order valence-electron chi connectivity index (χ4n) is 7.03. The van der Waals surface area contributed by atoms with E-state index in [1.807, 2.05) is 18.2 Å². The summed E-state index contributed by atoms with van der Waals surface area (Å²) in [5, 5.41) is 0. The van der Waals surface area contributed by atoms with Crippen LogP contribution in [-0.2, 0) is 0 Å². The third-order valence-electron chi connectivity index (χ3n) is 9.29. The fraction of sp³-hybridized carbons (Fsp3) is 0. The van der Waals surface area contributed by atoms with Crippen molar-refractivity contribution < 1.29 is 0 Å². The van der Waals surface area contributed by atoms with Gasteiger partial charge in [0.25, 0.3) is 0 Å². The Hall–Kier alpha value is -5.73. The van der Waals surface area contributed by atoms with Gasteiger partial charge in [0.1, 0.15) is 3.53 Å². The summed E-state index contributed by atoms with van der Waals surface area (Å²) in [6.45, 7) is 0. The van der Waals surface area contributed by atoms with Crippen LogP contribution in [-0.4, -0.2) is 23.5 Å². The first-order valence-electron chi connectivity index (χ1n) is 16.9. The first-order valence-corrected chi connectivity index (χ1v) is 18.6. The van der Waals surface area contributed by atoms with E-state index in [9.17, 15) is 0 Å². The number of nitrogens with zero attached hydrogens (tertiary/aromatic N) is 2. The topological polar surface area (TPSA) is 57.4 Å². The summed E-state index contributed by atoms with van der Waals surface area (Å²) >= 11 is 11.1. The molecule has 0 amide bonds. The lowest BCUT2D eigenvalue weighted by Gasteiger charge is -2.07. The smallest absolute Gasteiger partial charge is 0.105 e. The molecule has 0 saturated heterocycles. The largest absolute Gasteiger partial charge is 0.354 e. The van der Waals surface area contributed by atoms with Gasteiger partial charge in [0.05, 0.1) is 22.8 Å². The molecule has 2 N–H and O–H groups in total. The van der Waals surface area contributed by atoms with Crippen molar-refractivity contribution in [3.8, 4) is 44.5 Å². The molecule has 0 unspecified atom stereocenters. The van der Waals surface area contributed by atoms with Gasteiger partial charge in [-0.3, -0.25) is 0 Å². The van der Waals surface area contributed by atoms with E-state index in [0.29, 0.717) is 3.53 Å². The molecule has 5 heterocycles. The van der Waals surface area contributed by atoms with E-state index in [2.05, 4.69) is 168 Å². The molecule has 7 heteroatoms. The van der Waals surface area contributed by atoms with Gasteiger partial charge >= 0.3 is 0 Å². The second-order valence-corrected chi connectivity index (χ2v) is 15.3. The molecule has 2 aliphatic rings. The van der Waals surface area contributed by atoms with Crippen molar-refractivity contribution in [1.82, 2.24) is 19.9 Å². The van der Waals surface area contributed by atoms with Gasteiger partial charge in [-0.2, -0.15) is 0 Å². The van der Waals surface area contributed by atoms with Crippen LogP contribution in [0.4, 0.5) is 0 Å². The number of aromatic amines is 2. The predicted octanol–water partition coefficient (Wildman–Crippen LogP) is 12.6. The van der Waals surface area contributed by atoms with Crippen molar-refractivity contribution in [1.29, 1.82) is 0 Å². The highest BCUT2D eigenvalue weighted by Gasteiger charge is 2.18. The van der Waals surface area contributed by atoms with Crippen LogP contribution in [0.5, 0.6) is 0 Å². The molecule has 3 aromatic heterocycles. The number of hydrogen-bond acceptors (Lipinski definition) is 4. The number of aromatic nitrogens is 4. The summed E-state index contributed by atoms with van der Waals surface area (Å²) in [5.41, 5.74) is 15.7. The minimum absolute atomic E-state index is 0.583. The van der Waals surface area contributed by atoms with Gasteiger partial charge < -0.3 is 9.97 Å². The van der Waals surface area contributed by atoms with Crippen LogP contribution in [0.3, 0.4) is 0 Å². The zero-order valence-corrected chi connectivity index (χ0v) is 30.3. The molecular formula is C45H30N4S3. The Kier molecular flexibility index (Phi) is 8.53. The fourth-order valence-corrected chi connectivity index (χ4v) is 8.10. The monoisotopic (exact) mass is 722 g/mol. The van der Waals surface area contributed by atoms with Crippen LogP contribution in [0.25, 0.3) is 90.9 Å². The molecule has 9 rings (SSSR count). The lowest BCUT2D eigenvalue weighted by molar-refractivity contribution is 1.31. The van der Waals surface area contributed by atoms with E-state index in [1.54, 1.807) is 0 Å². The van der Waals surface area contributed by atoms with Gasteiger partial charge in [-0.1, -0.05) is 127 Å². The molecule has 4 aromatic carbocycles. The summed E-state index contributed by atoms with van der Waals surface area (Å²) < 4.78 is 0.583. The molecule has 7 aromatic rings. The third-order valence-corrected chi connectivity index (χ3v) is 10.5. The molecule has 0 fully saturated rings. The maximum atomic E-state index is 5.38. The van der Waals surface area contributed by atoms with E-state index in [1.165, 1.54) is 11.8 Å². The van der Waals surface area contributed by atoms with E-state index in [-0.39, 0.29) is 0 Å². The van der Waals surface area contributed by atoms with E-state index in [0.717, 1.165) is 94.2 Å². The zero-order valence-electron chi connectivity index (χ0n) is 27.7. The summed E-state index contributed by atoms with van der Waals surface area (Å²) in [6.07, 6.45) is 8.50. The number of hydrogen-bond donors (Lipinski definition) is 3. The number of rotatable bonds is 5. The first-order chi connectivity index (χ1) is 25.6. The van der Waals surface area contributed by atoms with Crippen molar-refractivity contribution in [3.05, 3.63) is 162 Å². The molecule has 0 saturated carbocycles. The summed E-state index contributed by atoms with van der Waals surface area (Å²) in [7, 11) is 0. The van der Waals surface area contributed by atoms with Crippen LogP contribution < -0.4 is 0 Å². The molecule has 52 heavy (non-hydrogen) atoms. The Bertz CT molecular complexity index is 2670. The van der Waals surface area contributed by atoms with Crippen molar-refractivity contribution in [3.63, 3.8) is 0 Å². The number of thiol groups is 1. The summed E-state index contributed by atoms with van der Waals surface area (Å²) in [5.74, 6) is 0. The Labute approximate surface area is 316 Å². The lowest BCUT2D eigenvalue weighted by atomic mass is 10.0. The van der Waals surface area contributed by atoms with Crippen molar-refractivity contribution >= 4 is 86.5 Å². The van der Waals surface area contributed by atoms with E-state index >= 15 is 0 Å². The Morgan fingerprint density at radius 1 is 0.423 bits per heavy atom. The molecule has 0 aliphatic carbocycles. The SMILES string of the molecule is S=C(S)Sc1ccc(-c2c3nc(c(-c4ccccc4)c4ccc([nH]4)c(-c4ccccc4)c4nc(c(-c5ccccc5)c5ccc2[nH]5)C=C4)C=C3)cc1. The Morgan fingerprint density at radius 3 is 1.04 bits per heavy atom. The van der Waals surface area contributed by atoms with Gasteiger partial charge in [0.2, 0.25) is 0 Å². The molecule has 8 bridgehead atoms. The summed E-state index contributed by atoms with van der Waals surface area (Å²) in [6, 6.07) is 48.4. The average Bonchev–Trinajstić information content (AvgIpc) is 4.01. The third kappa shape index (κ3) is 6.13. The molecule has 4 nitrogen and oxygen atoms in total. The maximum Gasteiger partial charge on any atom is 0.105 e.